The average molecular weight is 377 g/mol. The minimum Gasteiger partial charge on any atom is -0.496 e. The van der Waals surface area contributed by atoms with E-state index in [0.29, 0.717) is 6.54 Å². The van der Waals surface area contributed by atoms with E-state index in [1.807, 2.05) is 12.3 Å². The normalized spacial score (nSPS) is 11.5. The van der Waals surface area contributed by atoms with E-state index in [0.717, 1.165) is 53.2 Å². The van der Waals surface area contributed by atoms with Gasteiger partial charge in [-0.3, -0.25) is 4.98 Å². The molecule has 0 spiro atoms. The lowest BCUT2D eigenvalue weighted by atomic mass is 10.1. The molecule has 5 heteroatoms. The number of guanidine groups is 1. The maximum absolute atomic E-state index is 5.41. The highest BCUT2D eigenvalue weighted by Crippen LogP contribution is 2.19. The van der Waals surface area contributed by atoms with Crippen molar-refractivity contribution in [1.82, 2.24) is 15.6 Å². The molecule has 3 aromatic rings. The van der Waals surface area contributed by atoms with E-state index >= 15 is 0 Å². The molecular formula is C23H28N4O. The number of benzene rings is 2. The van der Waals surface area contributed by atoms with Gasteiger partial charge in [0.15, 0.2) is 5.96 Å². The maximum atomic E-state index is 5.41. The van der Waals surface area contributed by atoms with Crippen LogP contribution < -0.4 is 15.4 Å². The molecule has 2 N–H and O–H groups in total. The molecule has 0 amide bonds. The van der Waals surface area contributed by atoms with Gasteiger partial charge in [-0.25, -0.2) is 4.99 Å². The van der Waals surface area contributed by atoms with Crippen LogP contribution in [0.15, 0.2) is 59.7 Å². The Balaban J connectivity index is 1.64. The number of fused-ring (bicyclic) bond motifs is 1. The van der Waals surface area contributed by atoms with Crippen LogP contribution in [0.4, 0.5) is 0 Å². The molecule has 1 heterocycles. The number of hydrogen-bond acceptors (Lipinski definition) is 3. The third-order valence-corrected chi connectivity index (χ3v) is 4.65. The van der Waals surface area contributed by atoms with Crippen molar-refractivity contribution in [2.45, 2.75) is 26.8 Å². The van der Waals surface area contributed by atoms with E-state index < -0.39 is 0 Å². The second-order valence-electron chi connectivity index (χ2n) is 6.67. The van der Waals surface area contributed by atoms with Crippen molar-refractivity contribution < 1.29 is 4.74 Å². The van der Waals surface area contributed by atoms with Gasteiger partial charge in [0, 0.05) is 24.7 Å². The van der Waals surface area contributed by atoms with Crippen LogP contribution in [0.5, 0.6) is 5.75 Å². The van der Waals surface area contributed by atoms with E-state index in [2.05, 4.69) is 71.9 Å². The summed E-state index contributed by atoms with van der Waals surface area (Å²) in [6.45, 7) is 6.33. The van der Waals surface area contributed by atoms with Gasteiger partial charge < -0.3 is 15.4 Å². The lowest BCUT2D eigenvalue weighted by Crippen LogP contribution is -2.38. The first-order valence-corrected chi connectivity index (χ1v) is 9.69. The van der Waals surface area contributed by atoms with Crippen molar-refractivity contribution in [3.05, 3.63) is 71.4 Å². The number of aryl methyl sites for hydroxylation is 1. The van der Waals surface area contributed by atoms with Gasteiger partial charge in [-0.05, 0) is 49.1 Å². The van der Waals surface area contributed by atoms with Gasteiger partial charge in [0.25, 0.3) is 0 Å². The summed E-state index contributed by atoms with van der Waals surface area (Å²) >= 11 is 0. The highest BCUT2D eigenvalue weighted by Gasteiger charge is 2.04. The van der Waals surface area contributed by atoms with Crippen LogP contribution in [0.1, 0.15) is 23.6 Å². The monoisotopic (exact) mass is 376 g/mol. The van der Waals surface area contributed by atoms with Crippen LogP contribution in [0, 0.1) is 6.92 Å². The number of aromatic nitrogens is 1. The fraction of sp³-hybridized carbons (Fsp3) is 0.304. The number of ether oxygens (including phenoxy) is 1. The molecule has 0 atom stereocenters. The smallest absolute Gasteiger partial charge is 0.191 e. The Hall–Kier alpha value is -3.08. The summed E-state index contributed by atoms with van der Waals surface area (Å²) in [6.07, 6.45) is 2.73. The van der Waals surface area contributed by atoms with E-state index in [1.165, 1.54) is 5.56 Å². The molecule has 0 fully saturated rings. The molecule has 0 bridgehead atoms. The molecule has 0 saturated carbocycles. The van der Waals surface area contributed by atoms with Crippen molar-refractivity contribution in [1.29, 1.82) is 0 Å². The molecule has 0 aliphatic rings. The molecule has 146 valence electrons. The molecule has 0 radical (unpaired) electrons. The zero-order chi connectivity index (χ0) is 19.8. The first-order chi connectivity index (χ1) is 13.7. The number of pyridine rings is 1. The predicted octanol–water partition coefficient (Wildman–Crippen LogP) is 3.85. The zero-order valence-electron chi connectivity index (χ0n) is 16.8. The number of aliphatic imine (C=N–C) groups is 1. The number of hydrogen-bond donors (Lipinski definition) is 2. The summed E-state index contributed by atoms with van der Waals surface area (Å²) in [4.78, 5) is 9.25. The van der Waals surface area contributed by atoms with Gasteiger partial charge in [0.1, 0.15) is 5.75 Å². The van der Waals surface area contributed by atoms with Crippen LogP contribution in [0.3, 0.4) is 0 Å². The summed E-state index contributed by atoms with van der Waals surface area (Å²) in [5.74, 6) is 1.75. The number of nitrogens with zero attached hydrogens (tertiary/aromatic N) is 2. The lowest BCUT2D eigenvalue weighted by molar-refractivity contribution is 0.411. The second kappa shape index (κ2) is 9.74. The van der Waals surface area contributed by atoms with E-state index in [9.17, 15) is 0 Å². The van der Waals surface area contributed by atoms with Crippen LogP contribution in [0.25, 0.3) is 10.9 Å². The van der Waals surface area contributed by atoms with Gasteiger partial charge in [-0.15, -0.1) is 0 Å². The van der Waals surface area contributed by atoms with Crippen LogP contribution >= 0.6 is 0 Å². The van der Waals surface area contributed by atoms with Crippen molar-refractivity contribution in [2.75, 3.05) is 20.2 Å². The van der Waals surface area contributed by atoms with Gasteiger partial charge in [-0.2, -0.15) is 0 Å². The summed E-state index contributed by atoms with van der Waals surface area (Å²) in [5.41, 5.74) is 4.52. The third kappa shape index (κ3) is 5.00. The van der Waals surface area contributed by atoms with Gasteiger partial charge >= 0.3 is 0 Å². The Labute approximate surface area is 166 Å². The molecule has 0 aliphatic carbocycles. The van der Waals surface area contributed by atoms with Gasteiger partial charge in [-0.1, -0.05) is 36.4 Å². The van der Waals surface area contributed by atoms with Crippen molar-refractivity contribution in [2.24, 2.45) is 4.99 Å². The summed E-state index contributed by atoms with van der Waals surface area (Å²) in [5, 5.41) is 7.87. The Kier molecular flexibility index (Phi) is 6.84. The van der Waals surface area contributed by atoms with Gasteiger partial charge in [0.05, 0.1) is 19.2 Å². The highest BCUT2D eigenvalue weighted by atomic mass is 16.5. The standard InChI is InChI=1S/C23H28N4O/c1-4-24-23(26-14-12-18-11-10-17(2)21(15-18)28-3)27-16-20-8-5-7-19-9-6-13-25-22(19)20/h5-11,13,15H,4,12,14,16H2,1-3H3,(H2,24,26,27). The van der Waals surface area contributed by atoms with E-state index in [-0.39, 0.29) is 0 Å². The van der Waals surface area contributed by atoms with Crippen LogP contribution in [0.2, 0.25) is 0 Å². The summed E-state index contributed by atoms with van der Waals surface area (Å²) in [6, 6.07) is 16.6. The number of para-hydroxylation sites is 1. The zero-order valence-corrected chi connectivity index (χ0v) is 16.8. The molecule has 0 aliphatic heterocycles. The van der Waals surface area contributed by atoms with Gasteiger partial charge in [0.2, 0.25) is 0 Å². The Morgan fingerprint density at radius 3 is 2.79 bits per heavy atom. The van der Waals surface area contributed by atoms with Crippen molar-refractivity contribution in [3.8, 4) is 5.75 Å². The summed E-state index contributed by atoms with van der Waals surface area (Å²) < 4.78 is 5.41. The molecule has 1 aromatic heterocycles. The highest BCUT2D eigenvalue weighted by molar-refractivity contribution is 5.83. The lowest BCUT2D eigenvalue weighted by Gasteiger charge is -2.12. The van der Waals surface area contributed by atoms with Crippen LogP contribution in [-0.2, 0) is 13.0 Å². The minimum absolute atomic E-state index is 0.585. The molecule has 5 nitrogen and oxygen atoms in total. The molecule has 2 aromatic carbocycles. The number of rotatable bonds is 7. The quantitative estimate of drug-likeness (QED) is 0.486. The first-order valence-electron chi connectivity index (χ1n) is 9.69. The second-order valence-corrected chi connectivity index (χ2v) is 6.67. The first kappa shape index (κ1) is 19.7. The van der Waals surface area contributed by atoms with E-state index in [4.69, 9.17) is 9.73 Å². The number of methoxy groups -OCH3 is 1. The molecule has 28 heavy (non-hydrogen) atoms. The maximum Gasteiger partial charge on any atom is 0.191 e. The SMILES string of the molecule is CCNC(=NCc1cccc2cccnc12)NCCc1ccc(C)c(OC)c1. The summed E-state index contributed by atoms with van der Waals surface area (Å²) in [7, 11) is 1.71. The Bertz CT molecular complexity index is 947. The Morgan fingerprint density at radius 1 is 1.11 bits per heavy atom. The van der Waals surface area contributed by atoms with Crippen molar-refractivity contribution >= 4 is 16.9 Å². The minimum atomic E-state index is 0.585. The molecule has 3 rings (SSSR count). The van der Waals surface area contributed by atoms with E-state index in [1.54, 1.807) is 7.11 Å². The fourth-order valence-corrected chi connectivity index (χ4v) is 3.15. The Morgan fingerprint density at radius 2 is 1.96 bits per heavy atom. The fourth-order valence-electron chi connectivity index (χ4n) is 3.15. The van der Waals surface area contributed by atoms with Crippen molar-refractivity contribution in [3.63, 3.8) is 0 Å². The molecular weight excluding hydrogens is 348 g/mol. The molecule has 0 saturated heterocycles. The number of nitrogens with one attached hydrogen (secondary N) is 2. The topological polar surface area (TPSA) is 58.5 Å². The predicted molar refractivity (Wildman–Crippen MR) is 116 cm³/mol. The van der Waals surface area contributed by atoms with Crippen LogP contribution in [-0.4, -0.2) is 31.1 Å². The molecule has 0 unspecified atom stereocenters. The third-order valence-electron chi connectivity index (χ3n) is 4.65. The largest absolute Gasteiger partial charge is 0.496 e. The average Bonchev–Trinajstić information content (AvgIpc) is 2.73.